The van der Waals surface area contributed by atoms with Gasteiger partial charge in [0.25, 0.3) is 6.01 Å². The van der Waals surface area contributed by atoms with Gasteiger partial charge in [-0.3, -0.25) is 4.57 Å². The second-order valence-electron chi connectivity index (χ2n) is 4.96. The zero-order valence-electron chi connectivity index (χ0n) is 10.5. The van der Waals surface area contributed by atoms with Gasteiger partial charge in [-0.1, -0.05) is 22.4 Å². The summed E-state index contributed by atoms with van der Waals surface area (Å²) in [5.74, 6) is 0. The zero-order chi connectivity index (χ0) is 12.5. The average Bonchev–Trinajstić information content (AvgIpc) is 2.67. The van der Waals surface area contributed by atoms with Crippen LogP contribution in [-0.4, -0.2) is 15.7 Å². The summed E-state index contributed by atoms with van der Waals surface area (Å²) >= 11 is 3.47. The number of hydrogen-bond acceptors (Lipinski definition) is 2. The second-order valence-corrected chi connectivity index (χ2v) is 5.88. The van der Waals surface area contributed by atoms with E-state index < -0.39 is 0 Å². The van der Waals surface area contributed by atoms with Gasteiger partial charge in [-0.25, -0.2) is 0 Å². The van der Waals surface area contributed by atoms with Gasteiger partial charge in [0, 0.05) is 11.5 Å². The van der Waals surface area contributed by atoms with Crippen molar-refractivity contribution < 1.29 is 4.74 Å². The van der Waals surface area contributed by atoms with Crippen LogP contribution in [0, 0.1) is 0 Å². The normalized spacial score (nSPS) is 17.2. The van der Waals surface area contributed by atoms with Crippen molar-refractivity contribution in [2.45, 2.75) is 38.2 Å². The number of aryl methyl sites for hydroxylation is 1. The lowest BCUT2D eigenvalue weighted by Crippen LogP contribution is -2.21. The van der Waals surface area contributed by atoms with E-state index in [0.29, 0.717) is 6.10 Å². The van der Waals surface area contributed by atoms with Gasteiger partial charge in [-0.15, -0.1) is 0 Å². The summed E-state index contributed by atoms with van der Waals surface area (Å²) in [4.78, 5) is 4.58. The minimum atomic E-state index is 0.345. The highest BCUT2D eigenvalue weighted by Gasteiger charge is 2.18. The molecule has 0 amide bonds. The molecule has 0 radical (unpaired) electrons. The molecule has 3 nitrogen and oxygen atoms in total. The monoisotopic (exact) mass is 308 g/mol. The van der Waals surface area contributed by atoms with Crippen LogP contribution in [-0.2, 0) is 7.05 Å². The van der Waals surface area contributed by atoms with Gasteiger partial charge in [0.2, 0.25) is 0 Å². The predicted molar refractivity (Wildman–Crippen MR) is 75.9 cm³/mol. The van der Waals surface area contributed by atoms with Crippen LogP contribution in [0.1, 0.15) is 32.1 Å². The van der Waals surface area contributed by atoms with Crippen LogP contribution in [0.2, 0.25) is 0 Å². The molecule has 1 heterocycles. The highest BCUT2D eigenvalue weighted by atomic mass is 79.9. The molecule has 4 heteroatoms. The lowest BCUT2D eigenvalue weighted by atomic mass is 9.98. The van der Waals surface area contributed by atoms with Crippen molar-refractivity contribution in [3.05, 3.63) is 22.7 Å². The van der Waals surface area contributed by atoms with E-state index >= 15 is 0 Å². The summed E-state index contributed by atoms with van der Waals surface area (Å²) in [5, 5.41) is 0. The van der Waals surface area contributed by atoms with Gasteiger partial charge in [0.1, 0.15) is 6.10 Å². The molecule has 0 N–H and O–H groups in total. The maximum atomic E-state index is 6.05. The molecule has 1 aliphatic rings. The first-order valence-electron chi connectivity index (χ1n) is 6.52. The molecule has 1 aromatic heterocycles. The molecule has 96 valence electrons. The van der Waals surface area contributed by atoms with Crippen molar-refractivity contribution in [1.29, 1.82) is 0 Å². The molecule has 1 fully saturated rings. The summed E-state index contributed by atoms with van der Waals surface area (Å²) in [6, 6.07) is 6.88. The molecular weight excluding hydrogens is 292 g/mol. The summed E-state index contributed by atoms with van der Waals surface area (Å²) in [6.07, 6.45) is 6.56. The first-order chi connectivity index (χ1) is 8.74. The molecule has 0 unspecified atom stereocenters. The van der Waals surface area contributed by atoms with Crippen LogP contribution >= 0.6 is 15.9 Å². The van der Waals surface area contributed by atoms with E-state index in [1.54, 1.807) is 0 Å². The van der Waals surface area contributed by atoms with Gasteiger partial charge in [0.05, 0.1) is 11.0 Å². The lowest BCUT2D eigenvalue weighted by molar-refractivity contribution is 0.138. The molecule has 0 saturated heterocycles. The Balaban J connectivity index is 1.89. The zero-order valence-corrected chi connectivity index (χ0v) is 12.1. The quantitative estimate of drug-likeness (QED) is 0.837. The number of aromatic nitrogens is 2. The standard InChI is InChI=1S/C14H17BrN2O/c1-17-13-8-7-10(15)9-12(13)16-14(17)18-11-5-3-2-4-6-11/h7-9,11H,2-6H2,1H3. The van der Waals surface area contributed by atoms with Gasteiger partial charge >= 0.3 is 0 Å². The molecule has 1 saturated carbocycles. The Labute approximate surface area is 115 Å². The number of halogens is 1. The van der Waals surface area contributed by atoms with Crippen LogP contribution in [0.15, 0.2) is 22.7 Å². The molecule has 1 aliphatic carbocycles. The second kappa shape index (κ2) is 4.92. The fourth-order valence-electron chi connectivity index (χ4n) is 2.59. The SMILES string of the molecule is Cn1c(OC2CCCCC2)nc2cc(Br)ccc21. The van der Waals surface area contributed by atoms with E-state index in [2.05, 4.69) is 27.0 Å². The third kappa shape index (κ3) is 2.26. The fourth-order valence-corrected chi connectivity index (χ4v) is 2.94. The van der Waals surface area contributed by atoms with Crippen molar-refractivity contribution in [1.82, 2.24) is 9.55 Å². The molecule has 3 rings (SSSR count). The van der Waals surface area contributed by atoms with Crippen molar-refractivity contribution >= 4 is 27.0 Å². The fraction of sp³-hybridized carbons (Fsp3) is 0.500. The number of rotatable bonds is 2. The average molecular weight is 309 g/mol. The van der Waals surface area contributed by atoms with Crippen LogP contribution in [0.25, 0.3) is 11.0 Å². The van der Waals surface area contributed by atoms with Gasteiger partial charge in [-0.2, -0.15) is 4.98 Å². The van der Waals surface area contributed by atoms with Gasteiger partial charge in [-0.05, 0) is 43.9 Å². The third-order valence-corrected chi connectivity index (χ3v) is 4.12. The number of ether oxygens (including phenoxy) is 1. The van der Waals surface area contributed by atoms with Gasteiger partial charge in [0.15, 0.2) is 0 Å². The molecule has 0 atom stereocenters. The van der Waals surface area contributed by atoms with E-state index in [1.165, 1.54) is 19.3 Å². The Morgan fingerprint density at radius 3 is 2.83 bits per heavy atom. The maximum Gasteiger partial charge on any atom is 0.297 e. The number of fused-ring (bicyclic) bond motifs is 1. The Morgan fingerprint density at radius 1 is 1.28 bits per heavy atom. The first kappa shape index (κ1) is 12.0. The van der Waals surface area contributed by atoms with E-state index in [-0.39, 0.29) is 0 Å². The van der Waals surface area contributed by atoms with Crippen molar-refractivity contribution in [3.63, 3.8) is 0 Å². The third-order valence-electron chi connectivity index (χ3n) is 3.63. The van der Waals surface area contributed by atoms with Crippen LogP contribution in [0.4, 0.5) is 0 Å². The number of imidazole rings is 1. The predicted octanol–water partition coefficient (Wildman–Crippen LogP) is 4.05. The van der Waals surface area contributed by atoms with Crippen LogP contribution in [0.5, 0.6) is 6.01 Å². The molecule has 1 aromatic carbocycles. The summed E-state index contributed by atoms with van der Waals surface area (Å²) in [5.41, 5.74) is 2.10. The Bertz CT molecular complexity index is 558. The minimum absolute atomic E-state index is 0.345. The molecule has 0 aliphatic heterocycles. The van der Waals surface area contributed by atoms with E-state index in [1.807, 2.05) is 23.7 Å². The highest BCUT2D eigenvalue weighted by Crippen LogP contribution is 2.27. The largest absolute Gasteiger partial charge is 0.461 e. The Kier molecular flexibility index (Phi) is 3.29. The van der Waals surface area contributed by atoms with Crippen molar-refractivity contribution in [2.24, 2.45) is 7.05 Å². The smallest absolute Gasteiger partial charge is 0.297 e. The highest BCUT2D eigenvalue weighted by molar-refractivity contribution is 9.10. The van der Waals surface area contributed by atoms with E-state index in [9.17, 15) is 0 Å². The van der Waals surface area contributed by atoms with Crippen molar-refractivity contribution in [3.8, 4) is 6.01 Å². The van der Waals surface area contributed by atoms with Crippen molar-refractivity contribution in [2.75, 3.05) is 0 Å². The number of nitrogens with zero attached hydrogens (tertiary/aromatic N) is 2. The van der Waals surface area contributed by atoms with Gasteiger partial charge < -0.3 is 4.74 Å². The van der Waals surface area contributed by atoms with Crippen LogP contribution < -0.4 is 4.74 Å². The maximum absolute atomic E-state index is 6.05. The minimum Gasteiger partial charge on any atom is -0.461 e. The number of benzene rings is 1. The van der Waals surface area contributed by atoms with E-state index in [0.717, 1.165) is 34.4 Å². The number of hydrogen-bond donors (Lipinski definition) is 0. The van der Waals surface area contributed by atoms with E-state index in [4.69, 9.17) is 4.74 Å². The summed E-state index contributed by atoms with van der Waals surface area (Å²) < 4.78 is 9.14. The topological polar surface area (TPSA) is 27.1 Å². The molecular formula is C14H17BrN2O. The molecule has 2 aromatic rings. The summed E-state index contributed by atoms with van der Waals surface area (Å²) in [7, 11) is 2.02. The summed E-state index contributed by atoms with van der Waals surface area (Å²) in [6.45, 7) is 0. The molecule has 0 bridgehead atoms. The lowest BCUT2D eigenvalue weighted by Gasteiger charge is -2.22. The Hall–Kier alpha value is -1.03. The molecule has 18 heavy (non-hydrogen) atoms. The van der Waals surface area contributed by atoms with Crippen LogP contribution in [0.3, 0.4) is 0 Å². The molecule has 0 spiro atoms. The Morgan fingerprint density at radius 2 is 2.06 bits per heavy atom. The first-order valence-corrected chi connectivity index (χ1v) is 7.32.